The molecule has 0 unspecified atom stereocenters. The van der Waals surface area contributed by atoms with Crippen LogP contribution in [0, 0.1) is 0 Å². The molecule has 0 N–H and O–H groups in total. The van der Waals surface area contributed by atoms with Crippen LogP contribution in [0.15, 0.2) is 78.0 Å². The van der Waals surface area contributed by atoms with Crippen LogP contribution in [0.5, 0.6) is 23.1 Å². The Balaban J connectivity index is 1.27. The van der Waals surface area contributed by atoms with Crippen LogP contribution >= 0.6 is 0 Å². The van der Waals surface area contributed by atoms with E-state index in [2.05, 4.69) is 15.0 Å². The fourth-order valence-electron chi connectivity index (χ4n) is 5.13. The van der Waals surface area contributed by atoms with Crippen LogP contribution in [0.3, 0.4) is 0 Å². The first-order chi connectivity index (χ1) is 20.5. The molecule has 0 atom stereocenters. The van der Waals surface area contributed by atoms with Crippen molar-refractivity contribution in [2.45, 2.75) is 25.7 Å². The minimum Gasteiger partial charge on any atom is -0.493 e. The summed E-state index contributed by atoms with van der Waals surface area (Å²) in [7, 11) is 3.08. The van der Waals surface area contributed by atoms with E-state index in [4.69, 9.17) is 14.2 Å². The van der Waals surface area contributed by atoms with Gasteiger partial charge >= 0.3 is 0 Å². The molecular weight excluding hydrogens is 536 g/mol. The van der Waals surface area contributed by atoms with Gasteiger partial charge in [-0.2, -0.15) is 0 Å². The number of methoxy groups -OCH3 is 2. The van der Waals surface area contributed by atoms with Gasteiger partial charge in [-0.3, -0.25) is 23.9 Å². The maximum atomic E-state index is 13.6. The number of rotatable bonds is 8. The highest BCUT2D eigenvalue weighted by Crippen LogP contribution is 2.35. The maximum Gasteiger partial charge on any atom is 0.266 e. The minimum atomic E-state index is -0.442. The summed E-state index contributed by atoms with van der Waals surface area (Å²) in [5, 5.41) is 0.617. The smallest absolute Gasteiger partial charge is 0.266 e. The van der Waals surface area contributed by atoms with Crippen LogP contribution in [0.25, 0.3) is 16.6 Å². The third-order valence-electron chi connectivity index (χ3n) is 7.19. The summed E-state index contributed by atoms with van der Waals surface area (Å²) in [5.41, 5.74) is 2.27. The number of carbonyl (C=O) groups excluding carboxylic acids is 2. The molecule has 2 aromatic carbocycles. The lowest BCUT2D eigenvalue weighted by molar-refractivity contribution is 0.0971. The Morgan fingerprint density at radius 3 is 2.43 bits per heavy atom. The van der Waals surface area contributed by atoms with Gasteiger partial charge in [-0.25, -0.2) is 9.97 Å². The number of hydrogen-bond donors (Lipinski definition) is 0. The highest BCUT2D eigenvalue weighted by molar-refractivity contribution is 6.03. The van der Waals surface area contributed by atoms with Gasteiger partial charge in [0, 0.05) is 35.1 Å². The third-order valence-corrected chi connectivity index (χ3v) is 7.19. The Kier molecular flexibility index (Phi) is 7.18. The van der Waals surface area contributed by atoms with Crippen molar-refractivity contribution < 1.29 is 23.8 Å². The van der Waals surface area contributed by atoms with Crippen LogP contribution in [0.4, 0.5) is 0 Å². The first-order valence-corrected chi connectivity index (χ1v) is 13.4. The maximum absolute atomic E-state index is 13.6. The van der Waals surface area contributed by atoms with Crippen LogP contribution < -0.4 is 19.8 Å². The number of ether oxygens (including phenoxy) is 3. The standard InChI is InChI=1S/C32H26N4O6/c1-40-29-15-22-25(16-30(29)41-2)34-18-35-31(22)42-21-12-11-19(33-17-21)13-28(38)24-14-23-26(9-6-10-27(23)37)36(32(24)39)20-7-4-3-5-8-20/h3-5,7-8,11-12,14-18H,6,9-10,13H2,1-2H3. The van der Waals surface area contributed by atoms with Gasteiger partial charge in [-0.1, -0.05) is 18.2 Å². The summed E-state index contributed by atoms with van der Waals surface area (Å²) in [5.74, 6) is 1.24. The number of pyridine rings is 2. The Morgan fingerprint density at radius 1 is 0.905 bits per heavy atom. The van der Waals surface area contributed by atoms with E-state index in [1.54, 1.807) is 43.5 Å². The molecule has 10 nitrogen and oxygen atoms in total. The molecule has 1 aliphatic rings. The van der Waals surface area contributed by atoms with Gasteiger partial charge in [0.1, 0.15) is 12.1 Å². The van der Waals surface area contributed by atoms with Crippen molar-refractivity contribution in [3.05, 3.63) is 106 Å². The fraction of sp³-hybridized carbons (Fsp3) is 0.188. The van der Waals surface area contributed by atoms with Gasteiger partial charge in [0.2, 0.25) is 5.88 Å². The molecule has 10 heteroatoms. The van der Waals surface area contributed by atoms with Gasteiger partial charge in [0.15, 0.2) is 23.1 Å². The molecule has 0 aliphatic heterocycles. The minimum absolute atomic E-state index is 0.0354. The van der Waals surface area contributed by atoms with Crippen molar-refractivity contribution in [1.29, 1.82) is 0 Å². The van der Waals surface area contributed by atoms with Gasteiger partial charge in [0.25, 0.3) is 5.56 Å². The lowest BCUT2D eigenvalue weighted by Crippen LogP contribution is -2.32. The largest absolute Gasteiger partial charge is 0.493 e. The highest BCUT2D eigenvalue weighted by Gasteiger charge is 2.26. The number of hydrogen-bond acceptors (Lipinski definition) is 9. The lowest BCUT2D eigenvalue weighted by Gasteiger charge is -2.21. The van der Waals surface area contributed by atoms with Crippen LogP contribution in [-0.2, 0) is 12.8 Å². The summed E-state index contributed by atoms with van der Waals surface area (Å²) >= 11 is 0. The summed E-state index contributed by atoms with van der Waals surface area (Å²) in [4.78, 5) is 52.7. The zero-order chi connectivity index (χ0) is 29.2. The number of Topliss-reactive ketones (excluding diaryl/α,β-unsaturated/α-hetero) is 2. The second kappa shape index (κ2) is 11.2. The number of benzene rings is 2. The Hall–Kier alpha value is -5.38. The van der Waals surface area contributed by atoms with E-state index in [1.807, 2.05) is 18.2 Å². The molecule has 6 rings (SSSR count). The highest BCUT2D eigenvalue weighted by atomic mass is 16.5. The molecule has 0 radical (unpaired) electrons. The molecule has 0 fully saturated rings. The molecule has 210 valence electrons. The van der Waals surface area contributed by atoms with Crippen LogP contribution in [0.2, 0.25) is 0 Å². The predicted molar refractivity (Wildman–Crippen MR) is 154 cm³/mol. The van der Waals surface area contributed by atoms with E-state index in [1.165, 1.54) is 30.3 Å². The molecular formula is C32H26N4O6. The third kappa shape index (κ3) is 4.98. The molecule has 42 heavy (non-hydrogen) atoms. The van der Waals surface area contributed by atoms with E-state index in [0.717, 1.165) is 0 Å². The number of fused-ring (bicyclic) bond motifs is 2. The number of aromatic nitrogens is 4. The topological polar surface area (TPSA) is 122 Å². The molecule has 0 spiro atoms. The molecule has 1 aliphatic carbocycles. The number of ketones is 2. The molecule has 0 saturated carbocycles. The van der Waals surface area contributed by atoms with E-state index >= 15 is 0 Å². The molecule has 5 aromatic rings. The molecule has 0 bridgehead atoms. The van der Waals surface area contributed by atoms with Crippen molar-refractivity contribution in [3.8, 4) is 28.8 Å². The second-order valence-electron chi connectivity index (χ2n) is 9.76. The van der Waals surface area contributed by atoms with Crippen molar-refractivity contribution in [2.24, 2.45) is 0 Å². The zero-order valence-electron chi connectivity index (χ0n) is 23.0. The zero-order valence-corrected chi connectivity index (χ0v) is 23.0. The number of para-hydroxylation sites is 1. The van der Waals surface area contributed by atoms with E-state index in [9.17, 15) is 14.4 Å². The fourth-order valence-corrected chi connectivity index (χ4v) is 5.13. The van der Waals surface area contributed by atoms with Gasteiger partial charge < -0.3 is 14.2 Å². The molecule has 0 saturated heterocycles. The second-order valence-corrected chi connectivity index (χ2v) is 9.76. The van der Waals surface area contributed by atoms with E-state index in [0.29, 0.717) is 75.9 Å². The average molecular weight is 563 g/mol. The lowest BCUT2D eigenvalue weighted by atomic mass is 9.91. The Labute approximate surface area is 240 Å². The molecule has 0 amide bonds. The number of carbonyl (C=O) groups is 2. The molecule has 3 heterocycles. The van der Waals surface area contributed by atoms with Gasteiger partial charge in [-0.05, 0) is 49.2 Å². The summed E-state index contributed by atoms with van der Waals surface area (Å²) in [6, 6.07) is 17.3. The van der Waals surface area contributed by atoms with Gasteiger partial charge in [0.05, 0.1) is 43.3 Å². The Morgan fingerprint density at radius 2 is 1.69 bits per heavy atom. The van der Waals surface area contributed by atoms with Crippen LogP contribution in [0.1, 0.15) is 44.9 Å². The first-order valence-electron chi connectivity index (χ1n) is 13.4. The van der Waals surface area contributed by atoms with Crippen molar-refractivity contribution in [2.75, 3.05) is 14.2 Å². The quantitative estimate of drug-likeness (QED) is 0.242. The van der Waals surface area contributed by atoms with Crippen molar-refractivity contribution >= 4 is 22.5 Å². The summed E-state index contributed by atoms with van der Waals surface area (Å²) < 4.78 is 18.2. The predicted octanol–water partition coefficient (Wildman–Crippen LogP) is 4.93. The number of nitrogens with zero attached hydrogens (tertiary/aromatic N) is 4. The van der Waals surface area contributed by atoms with E-state index < -0.39 is 11.3 Å². The van der Waals surface area contributed by atoms with Crippen molar-refractivity contribution in [1.82, 2.24) is 19.5 Å². The monoisotopic (exact) mass is 562 g/mol. The van der Waals surface area contributed by atoms with Crippen LogP contribution in [-0.4, -0.2) is 45.3 Å². The summed E-state index contributed by atoms with van der Waals surface area (Å²) in [6.45, 7) is 0. The Bertz CT molecular complexity index is 1880. The molecule has 3 aromatic heterocycles. The van der Waals surface area contributed by atoms with E-state index in [-0.39, 0.29) is 17.8 Å². The normalized spacial score (nSPS) is 12.6. The average Bonchev–Trinajstić information content (AvgIpc) is 3.01. The SMILES string of the molecule is COc1cc2ncnc(Oc3ccc(CC(=O)c4cc5c(n(-c6ccccc6)c4=O)CCCC5=O)nc3)c2cc1OC. The summed E-state index contributed by atoms with van der Waals surface area (Å²) in [6.07, 6.45) is 4.38. The first kappa shape index (κ1) is 26.8. The van der Waals surface area contributed by atoms with Gasteiger partial charge in [-0.15, -0.1) is 0 Å². The van der Waals surface area contributed by atoms with Crippen molar-refractivity contribution in [3.63, 3.8) is 0 Å².